The molecule has 0 spiro atoms. The van der Waals surface area contributed by atoms with Crippen molar-refractivity contribution in [3.8, 4) is 5.75 Å². The van der Waals surface area contributed by atoms with E-state index in [9.17, 15) is 0 Å². The normalized spacial score (nSPS) is 23.3. The fourth-order valence-electron chi connectivity index (χ4n) is 3.04. The number of hydrogen-bond acceptors (Lipinski definition) is 2. The Bertz CT molecular complexity index is 425. The van der Waals surface area contributed by atoms with Crippen LogP contribution in [0.1, 0.15) is 36.8 Å². The average Bonchev–Trinajstić information content (AvgIpc) is 2.66. The highest BCUT2D eigenvalue weighted by Crippen LogP contribution is 2.34. The lowest BCUT2D eigenvalue weighted by Crippen LogP contribution is -2.30. The Morgan fingerprint density at radius 3 is 3.17 bits per heavy atom. The van der Waals surface area contributed by atoms with Gasteiger partial charge in [0, 0.05) is 16.9 Å². The first-order valence-electron chi connectivity index (χ1n) is 7.00. The van der Waals surface area contributed by atoms with Crippen LogP contribution in [0.3, 0.4) is 0 Å². The van der Waals surface area contributed by atoms with Crippen LogP contribution < -0.4 is 10.1 Å². The van der Waals surface area contributed by atoms with Gasteiger partial charge >= 0.3 is 0 Å². The van der Waals surface area contributed by atoms with Gasteiger partial charge in [-0.05, 0) is 49.1 Å². The number of rotatable bonds is 2. The molecule has 0 aliphatic carbocycles. The fraction of sp³-hybridized carbons (Fsp3) is 0.600. The van der Waals surface area contributed by atoms with Crippen LogP contribution in [0.4, 0.5) is 0 Å². The maximum Gasteiger partial charge on any atom is 0.125 e. The van der Waals surface area contributed by atoms with Crippen molar-refractivity contribution >= 4 is 15.9 Å². The summed E-state index contributed by atoms with van der Waals surface area (Å²) in [5.41, 5.74) is 2.74. The van der Waals surface area contributed by atoms with Gasteiger partial charge < -0.3 is 10.1 Å². The van der Waals surface area contributed by atoms with Gasteiger partial charge in [-0.3, -0.25) is 0 Å². The van der Waals surface area contributed by atoms with Crippen LogP contribution >= 0.6 is 15.9 Å². The smallest absolute Gasteiger partial charge is 0.125 e. The lowest BCUT2D eigenvalue weighted by Gasteiger charge is -2.17. The second-order valence-electron chi connectivity index (χ2n) is 5.36. The summed E-state index contributed by atoms with van der Waals surface area (Å²) >= 11 is 3.62. The molecular weight excluding hydrogens is 290 g/mol. The van der Waals surface area contributed by atoms with Crippen molar-refractivity contribution < 1.29 is 4.74 Å². The maximum absolute atomic E-state index is 5.81. The Hall–Kier alpha value is -0.540. The van der Waals surface area contributed by atoms with E-state index in [1.54, 1.807) is 0 Å². The van der Waals surface area contributed by atoms with E-state index in [-0.39, 0.29) is 0 Å². The third kappa shape index (κ3) is 2.72. The molecule has 1 aromatic carbocycles. The van der Waals surface area contributed by atoms with Crippen LogP contribution in [0, 0.1) is 0 Å². The summed E-state index contributed by atoms with van der Waals surface area (Å²) in [7, 11) is 0. The summed E-state index contributed by atoms with van der Waals surface area (Å²) in [6.45, 7) is 2.01. The highest BCUT2D eigenvalue weighted by molar-refractivity contribution is 9.10. The molecule has 0 aromatic heterocycles. The molecule has 1 fully saturated rings. The average molecular weight is 310 g/mol. The molecule has 1 aromatic rings. The summed E-state index contributed by atoms with van der Waals surface area (Å²) in [6, 6.07) is 5.05. The van der Waals surface area contributed by atoms with Gasteiger partial charge in [-0.2, -0.15) is 0 Å². The van der Waals surface area contributed by atoms with Gasteiger partial charge in [0.1, 0.15) is 5.75 Å². The predicted octanol–water partition coefficient (Wildman–Crippen LogP) is 3.46. The van der Waals surface area contributed by atoms with E-state index < -0.39 is 0 Å². The number of fused-ring (bicyclic) bond motifs is 1. The Kier molecular flexibility index (Phi) is 3.90. The van der Waals surface area contributed by atoms with E-state index in [1.165, 1.54) is 47.8 Å². The fourth-order valence-corrected chi connectivity index (χ4v) is 3.59. The lowest BCUT2D eigenvalue weighted by molar-refractivity contribution is 0.351. The number of halogens is 1. The van der Waals surface area contributed by atoms with Gasteiger partial charge in [0.15, 0.2) is 0 Å². The molecule has 98 valence electrons. The molecular formula is C15H20BrNO. The quantitative estimate of drug-likeness (QED) is 0.903. The van der Waals surface area contributed by atoms with Gasteiger partial charge in [0.25, 0.3) is 0 Å². The minimum absolute atomic E-state index is 0.620. The zero-order chi connectivity index (χ0) is 12.4. The summed E-state index contributed by atoms with van der Waals surface area (Å²) in [4.78, 5) is 0. The molecule has 1 saturated heterocycles. The molecule has 1 N–H and O–H groups in total. The Morgan fingerprint density at radius 1 is 1.28 bits per heavy atom. The molecule has 0 bridgehead atoms. The minimum Gasteiger partial charge on any atom is -0.493 e. The minimum atomic E-state index is 0.620. The number of hydrogen-bond donors (Lipinski definition) is 1. The molecule has 2 heterocycles. The second-order valence-corrected chi connectivity index (χ2v) is 6.27. The molecule has 1 atom stereocenters. The van der Waals surface area contributed by atoms with Crippen molar-refractivity contribution in [1.29, 1.82) is 0 Å². The van der Waals surface area contributed by atoms with E-state index in [1.807, 2.05) is 0 Å². The molecule has 1 unspecified atom stereocenters. The monoisotopic (exact) mass is 309 g/mol. The highest BCUT2D eigenvalue weighted by Gasteiger charge is 2.20. The lowest BCUT2D eigenvalue weighted by atomic mass is 9.99. The molecule has 0 radical (unpaired) electrons. The zero-order valence-corrected chi connectivity index (χ0v) is 12.3. The van der Waals surface area contributed by atoms with Gasteiger partial charge in [0.05, 0.1) is 6.61 Å². The third-order valence-electron chi connectivity index (χ3n) is 3.95. The maximum atomic E-state index is 5.81. The first-order valence-corrected chi connectivity index (χ1v) is 7.80. The predicted molar refractivity (Wildman–Crippen MR) is 77.3 cm³/mol. The van der Waals surface area contributed by atoms with Crippen molar-refractivity contribution in [1.82, 2.24) is 5.32 Å². The highest BCUT2D eigenvalue weighted by atomic mass is 79.9. The molecule has 2 nitrogen and oxygen atoms in total. The van der Waals surface area contributed by atoms with E-state index >= 15 is 0 Å². The van der Waals surface area contributed by atoms with E-state index in [4.69, 9.17) is 4.74 Å². The zero-order valence-electron chi connectivity index (χ0n) is 10.7. The summed E-state index contributed by atoms with van der Waals surface area (Å²) < 4.78 is 7.00. The van der Waals surface area contributed by atoms with Crippen LogP contribution in [-0.4, -0.2) is 19.2 Å². The van der Waals surface area contributed by atoms with Crippen molar-refractivity contribution in [3.05, 3.63) is 27.7 Å². The molecule has 0 saturated carbocycles. The molecule has 3 rings (SSSR count). The molecule has 2 aliphatic heterocycles. The van der Waals surface area contributed by atoms with Crippen LogP contribution in [0.15, 0.2) is 16.6 Å². The Balaban J connectivity index is 1.79. The molecule has 3 heteroatoms. The third-order valence-corrected chi connectivity index (χ3v) is 4.41. The summed E-state index contributed by atoms with van der Waals surface area (Å²) in [5.74, 6) is 1.16. The number of benzene rings is 1. The van der Waals surface area contributed by atoms with Gasteiger partial charge in [-0.15, -0.1) is 0 Å². The van der Waals surface area contributed by atoms with Crippen LogP contribution in [0.25, 0.3) is 0 Å². The van der Waals surface area contributed by atoms with Gasteiger partial charge in [-0.25, -0.2) is 0 Å². The van der Waals surface area contributed by atoms with Crippen LogP contribution in [0.5, 0.6) is 5.75 Å². The SMILES string of the molecule is Brc1cc2c(c(CC3CCCCCN3)c1)OCC2. The first kappa shape index (κ1) is 12.5. The van der Waals surface area contributed by atoms with Crippen molar-refractivity contribution in [2.24, 2.45) is 0 Å². The summed E-state index contributed by atoms with van der Waals surface area (Å²) in [5, 5.41) is 3.67. The van der Waals surface area contributed by atoms with Crippen molar-refractivity contribution in [3.63, 3.8) is 0 Å². The largest absolute Gasteiger partial charge is 0.493 e. The first-order chi connectivity index (χ1) is 8.83. The Labute approximate surface area is 117 Å². The van der Waals surface area contributed by atoms with E-state index in [0.717, 1.165) is 25.2 Å². The number of nitrogens with one attached hydrogen (secondary N) is 1. The standard InChI is InChI=1S/C15H20BrNO/c16-13-8-11-5-7-18-15(11)12(9-13)10-14-4-2-1-3-6-17-14/h8-9,14,17H,1-7,10H2. The van der Waals surface area contributed by atoms with Crippen LogP contribution in [0.2, 0.25) is 0 Å². The van der Waals surface area contributed by atoms with Gasteiger partial charge in [-0.1, -0.05) is 28.8 Å². The topological polar surface area (TPSA) is 21.3 Å². The van der Waals surface area contributed by atoms with E-state index in [0.29, 0.717) is 6.04 Å². The molecule has 18 heavy (non-hydrogen) atoms. The number of ether oxygens (including phenoxy) is 1. The van der Waals surface area contributed by atoms with Crippen LogP contribution in [-0.2, 0) is 12.8 Å². The van der Waals surface area contributed by atoms with E-state index in [2.05, 4.69) is 33.4 Å². The van der Waals surface area contributed by atoms with Gasteiger partial charge in [0.2, 0.25) is 0 Å². The second kappa shape index (κ2) is 5.62. The van der Waals surface area contributed by atoms with Crippen molar-refractivity contribution in [2.45, 2.75) is 44.6 Å². The molecule has 2 aliphatic rings. The summed E-state index contributed by atoms with van der Waals surface area (Å²) in [6.07, 6.45) is 7.50. The Morgan fingerprint density at radius 2 is 2.22 bits per heavy atom. The van der Waals surface area contributed by atoms with Crippen molar-refractivity contribution in [2.75, 3.05) is 13.2 Å². The molecule has 0 amide bonds.